The zero-order valence-electron chi connectivity index (χ0n) is 9.72. The van der Waals surface area contributed by atoms with Gasteiger partial charge in [-0.15, -0.1) is 0 Å². The topological polar surface area (TPSA) is 21.3 Å². The maximum atomic E-state index is 5.32. The summed E-state index contributed by atoms with van der Waals surface area (Å²) in [6, 6.07) is 0.837. The van der Waals surface area contributed by atoms with Crippen molar-refractivity contribution in [2.24, 2.45) is 5.92 Å². The Balaban J connectivity index is 1.84. The van der Waals surface area contributed by atoms with Crippen LogP contribution in [0.1, 0.15) is 46.0 Å². The Hall–Kier alpha value is -0.0800. The molecule has 1 unspecified atom stereocenters. The average Bonchev–Trinajstić information content (AvgIpc) is 2.10. The largest absolute Gasteiger partial charge is 0.382 e. The van der Waals surface area contributed by atoms with Gasteiger partial charge in [-0.1, -0.05) is 13.3 Å². The van der Waals surface area contributed by atoms with Crippen molar-refractivity contribution in [2.75, 3.05) is 19.8 Å². The number of rotatable bonds is 8. The molecular formula is C12H25NO. The molecule has 0 bridgehead atoms. The lowest BCUT2D eigenvalue weighted by molar-refractivity contribution is 0.139. The molecule has 1 atom stereocenters. The van der Waals surface area contributed by atoms with Crippen molar-refractivity contribution in [3.05, 3.63) is 0 Å². The Morgan fingerprint density at radius 1 is 1.43 bits per heavy atom. The zero-order valence-corrected chi connectivity index (χ0v) is 9.72. The molecule has 0 aromatic rings. The Labute approximate surface area is 88.4 Å². The summed E-state index contributed by atoms with van der Waals surface area (Å²) in [6.07, 6.45) is 6.72. The van der Waals surface area contributed by atoms with Crippen LogP contribution in [0.4, 0.5) is 0 Å². The van der Waals surface area contributed by atoms with Gasteiger partial charge in [0.05, 0.1) is 0 Å². The van der Waals surface area contributed by atoms with Gasteiger partial charge < -0.3 is 10.1 Å². The summed E-state index contributed by atoms with van der Waals surface area (Å²) in [4.78, 5) is 0. The van der Waals surface area contributed by atoms with Gasteiger partial charge in [-0.3, -0.25) is 0 Å². The van der Waals surface area contributed by atoms with Crippen LogP contribution in [0.25, 0.3) is 0 Å². The SMILES string of the molecule is CCOCCCC(C)CNC1CCC1. The lowest BCUT2D eigenvalue weighted by atomic mass is 9.92. The van der Waals surface area contributed by atoms with Crippen molar-refractivity contribution < 1.29 is 4.74 Å². The van der Waals surface area contributed by atoms with E-state index in [4.69, 9.17) is 4.74 Å². The van der Waals surface area contributed by atoms with Crippen molar-refractivity contribution in [1.82, 2.24) is 5.32 Å². The van der Waals surface area contributed by atoms with Crippen molar-refractivity contribution >= 4 is 0 Å². The minimum absolute atomic E-state index is 0.802. The first-order valence-electron chi connectivity index (χ1n) is 6.14. The Kier molecular flexibility index (Phi) is 6.20. The quantitative estimate of drug-likeness (QED) is 0.607. The van der Waals surface area contributed by atoms with E-state index in [9.17, 15) is 0 Å². The normalized spacial score (nSPS) is 19.3. The minimum Gasteiger partial charge on any atom is -0.382 e. The highest BCUT2D eigenvalue weighted by Gasteiger charge is 2.16. The molecule has 1 aliphatic carbocycles. The minimum atomic E-state index is 0.802. The molecule has 84 valence electrons. The van der Waals surface area contributed by atoms with Gasteiger partial charge in [0.2, 0.25) is 0 Å². The lowest BCUT2D eigenvalue weighted by Crippen LogP contribution is -2.37. The van der Waals surface area contributed by atoms with Crippen molar-refractivity contribution in [2.45, 2.75) is 52.0 Å². The summed E-state index contributed by atoms with van der Waals surface area (Å²) in [5.74, 6) is 0.802. The fraction of sp³-hybridized carbons (Fsp3) is 1.00. The third kappa shape index (κ3) is 4.97. The molecule has 0 aliphatic heterocycles. The van der Waals surface area contributed by atoms with Gasteiger partial charge in [0.25, 0.3) is 0 Å². The molecule has 1 rings (SSSR count). The second-order valence-corrected chi connectivity index (χ2v) is 4.48. The van der Waals surface area contributed by atoms with Gasteiger partial charge in [-0.05, 0) is 45.1 Å². The Morgan fingerprint density at radius 3 is 2.79 bits per heavy atom. The standard InChI is InChI=1S/C12H25NO/c1-3-14-9-5-6-11(2)10-13-12-7-4-8-12/h11-13H,3-10H2,1-2H3. The lowest BCUT2D eigenvalue weighted by Gasteiger charge is -2.28. The van der Waals surface area contributed by atoms with Crippen LogP contribution in [0, 0.1) is 5.92 Å². The third-order valence-electron chi connectivity index (χ3n) is 3.05. The molecule has 0 radical (unpaired) electrons. The molecule has 1 aliphatic rings. The van der Waals surface area contributed by atoms with Crippen LogP contribution < -0.4 is 5.32 Å². The molecule has 1 N–H and O–H groups in total. The van der Waals surface area contributed by atoms with Crippen molar-refractivity contribution in [1.29, 1.82) is 0 Å². The Morgan fingerprint density at radius 2 is 2.21 bits per heavy atom. The van der Waals surface area contributed by atoms with Crippen LogP contribution in [-0.4, -0.2) is 25.8 Å². The molecule has 0 saturated heterocycles. The summed E-state index contributed by atoms with van der Waals surface area (Å²) in [7, 11) is 0. The number of nitrogens with one attached hydrogen (secondary N) is 1. The molecule has 2 nitrogen and oxygen atoms in total. The van der Waals surface area contributed by atoms with E-state index in [0.29, 0.717) is 0 Å². The van der Waals surface area contributed by atoms with E-state index < -0.39 is 0 Å². The molecule has 14 heavy (non-hydrogen) atoms. The van der Waals surface area contributed by atoms with E-state index in [1.54, 1.807) is 0 Å². The van der Waals surface area contributed by atoms with Crippen LogP contribution in [-0.2, 0) is 4.74 Å². The van der Waals surface area contributed by atoms with Crippen molar-refractivity contribution in [3.8, 4) is 0 Å². The van der Waals surface area contributed by atoms with Crippen molar-refractivity contribution in [3.63, 3.8) is 0 Å². The fourth-order valence-electron chi connectivity index (χ4n) is 1.76. The Bertz CT molecular complexity index is 134. The van der Waals surface area contributed by atoms with Crippen LogP contribution in [0.3, 0.4) is 0 Å². The summed E-state index contributed by atoms with van der Waals surface area (Å²) < 4.78 is 5.32. The number of hydrogen-bond acceptors (Lipinski definition) is 2. The van der Waals surface area contributed by atoms with Gasteiger partial charge >= 0.3 is 0 Å². The van der Waals surface area contributed by atoms with E-state index in [1.807, 2.05) is 0 Å². The summed E-state index contributed by atoms with van der Waals surface area (Å²) in [5.41, 5.74) is 0. The molecule has 2 heteroatoms. The van der Waals surface area contributed by atoms with Crippen LogP contribution in [0.5, 0.6) is 0 Å². The zero-order chi connectivity index (χ0) is 10.2. The molecule has 0 aromatic carbocycles. The molecular weight excluding hydrogens is 174 g/mol. The van der Waals surface area contributed by atoms with E-state index in [1.165, 1.54) is 38.6 Å². The van der Waals surface area contributed by atoms with Gasteiger partial charge in [0.1, 0.15) is 0 Å². The highest BCUT2D eigenvalue weighted by Crippen LogP contribution is 2.18. The first-order valence-corrected chi connectivity index (χ1v) is 6.14. The summed E-state index contributed by atoms with van der Waals surface area (Å²) in [5, 5.41) is 3.62. The van der Waals surface area contributed by atoms with Gasteiger partial charge in [0.15, 0.2) is 0 Å². The highest BCUT2D eigenvalue weighted by molar-refractivity contribution is 4.76. The first-order chi connectivity index (χ1) is 6.83. The molecule has 1 saturated carbocycles. The smallest absolute Gasteiger partial charge is 0.0466 e. The molecule has 0 amide bonds. The molecule has 0 spiro atoms. The van der Waals surface area contributed by atoms with Gasteiger partial charge in [-0.2, -0.15) is 0 Å². The second-order valence-electron chi connectivity index (χ2n) is 4.48. The second kappa shape index (κ2) is 7.24. The average molecular weight is 199 g/mol. The maximum absolute atomic E-state index is 5.32. The predicted octanol–water partition coefficient (Wildman–Crippen LogP) is 2.58. The van der Waals surface area contributed by atoms with E-state index >= 15 is 0 Å². The van der Waals surface area contributed by atoms with E-state index in [2.05, 4.69) is 19.2 Å². The van der Waals surface area contributed by atoms with Gasteiger partial charge in [-0.25, -0.2) is 0 Å². The van der Waals surface area contributed by atoms with Crippen LogP contribution in [0.15, 0.2) is 0 Å². The maximum Gasteiger partial charge on any atom is 0.0466 e. The number of hydrogen-bond donors (Lipinski definition) is 1. The number of ether oxygens (including phenoxy) is 1. The van der Waals surface area contributed by atoms with Crippen LogP contribution in [0.2, 0.25) is 0 Å². The van der Waals surface area contributed by atoms with E-state index in [-0.39, 0.29) is 0 Å². The summed E-state index contributed by atoms with van der Waals surface area (Å²) >= 11 is 0. The van der Waals surface area contributed by atoms with Crippen LogP contribution >= 0.6 is 0 Å². The highest BCUT2D eigenvalue weighted by atomic mass is 16.5. The first kappa shape index (κ1) is 12.0. The predicted molar refractivity (Wildman–Crippen MR) is 60.5 cm³/mol. The molecule has 0 heterocycles. The third-order valence-corrected chi connectivity index (χ3v) is 3.05. The molecule has 0 aromatic heterocycles. The fourth-order valence-corrected chi connectivity index (χ4v) is 1.76. The van der Waals surface area contributed by atoms with E-state index in [0.717, 1.165) is 25.2 Å². The summed E-state index contributed by atoms with van der Waals surface area (Å²) in [6.45, 7) is 7.37. The monoisotopic (exact) mass is 199 g/mol. The molecule has 1 fully saturated rings. The van der Waals surface area contributed by atoms with Gasteiger partial charge in [0, 0.05) is 19.3 Å².